The van der Waals surface area contributed by atoms with Crippen LogP contribution >= 0.6 is 0 Å². The van der Waals surface area contributed by atoms with Gasteiger partial charge in [0.2, 0.25) is 0 Å². The van der Waals surface area contributed by atoms with Crippen LogP contribution in [0.5, 0.6) is 0 Å². The third kappa shape index (κ3) is 1.94. The van der Waals surface area contributed by atoms with Gasteiger partial charge >= 0.3 is 6.03 Å². The van der Waals surface area contributed by atoms with Gasteiger partial charge in [-0.25, -0.2) is 4.79 Å². The number of para-hydroxylation sites is 1. The molecule has 0 N–H and O–H groups in total. The topological polar surface area (TPSA) is 57.0 Å². The fraction of sp³-hybridized carbons (Fsp3) is 0.375. The third-order valence-electron chi connectivity index (χ3n) is 4.46. The van der Waals surface area contributed by atoms with Crippen LogP contribution in [0.2, 0.25) is 0 Å². The number of nitrogens with zero attached hydrogens (tertiary/aromatic N) is 3. The molecule has 2 saturated heterocycles. The summed E-state index contributed by atoms with van der Waals surface area (Å²) in [6.07, 6.45) is 0. The van der Waals surface area contributed by atoms with Gasteiger partial charge in [0.15, 0.2) is 5.76 Å². The molecule has 22 heavy (non-hydrogen) atoms. The molecule has 2 aliphatic rings. The van der Waals surface area contributed by atoms with Crippen molar-refractivity contribution in [3.05, 3.63) is 36.1 Å². The molecule has 0 radical (unpaired) electrons. The minimum absolute atomic E-state index is 0.0563. The third-order valence-corrected chi connectivity index (χ3v) is 4.46. The highest BCUT2D eigenvalue weighted by Gasteiger charge is 2.40. The van der Waals surface area contributed by atoms with Gasteiger partial charge in [-0.1, -0.05) is 18.2 Å². The number of carbonyl (C=O) groups is 2. The molecule has 3 amide bonds. The van der Waals surface area contributed by atoms with Crippen LogP contribution in [0.15, 0.2) is 34.7 Å². The van der Waals surface area contributed by atoms with E-state index in [1.807, 2.05) is 29.2 Å². The van der Waals surface area contributed by atoms with Crippen molar-refractivity contribution in [2.45, 2.75) is 6.04 Å². The Morgan fingerprint density at radius 2 is 2.05 bits per heavy atom. The zero-order valence-electron chi connectivity index (χ0n) is 12.4. The molecule has 1 aromatic carbocycles. The first-order chi connectivity index (χ1) is 10.6. The van der Waals surface area contributed by atoms with Crippen molar-refractivity contribution in [1.82, 2.24) is 14.7 Å². The Labute approximate surface area is 127 Å². The number of hydrogen-bond acceptors (Lipinski definition) is 3. The zero-order valence-corrected chi connectivity index (χ0v) is 12.4. The lowest BCUT2D eigenvalue weighted by Gasteiger charge is -2.35. The van der Waals surface area contributed by atoms with Gasteiger partial charge in [-0.05, 0) is 12.1 Å². The summed E-state index contributed by atoms with van der Waals surface area (Å²) in [4.78, 5) is 29.9. The highest BCUT2D eigenvalue weighted by Crippen LogP contribution is 2.23. The fourth-order valence-electron chi connectivity index (χ4n) is 3.30. The lowest BCUT2D eigenvalue weighted by Crippen LogP contribution is -2.53. The van der Waals surface area contributed by atoms with Crippen LogP contribution in [0, 0.1) is 0 Å². The number of hydrogen-bond donors (Lipinski definition) is 0. The summed E-state index contributed by atoms with van der Waals surface area (Å²) in [5, 5.41) is 0.931. The standard InChI is InChI=1S/C16H17N3O3/c1-17-9-12-10-18(6-7-19(12)16(17)21)15(20)14-8-11-4-2-3-5-13(11)22-14/h2-5,8,12H,6-7,9-10H2,1H3/t12-/m0/s1. The maximum absolute atomic E-state index is 12.6. The van der Waals surface area contributed by atoms with Crippen molar-refractivity contribution in [2.24, 2.45) is 0 Å². The maximum atomic E-state index is 12.6. The van der Waals surface area contributed by atoms with Gasteiger partial charge in [0, 0.05) is 38.6 Å². The maximum Gasteiger partial charge on any atom is 0.320 e. The van der Waals surface area contributed by atoms with Crippen molar-refractivity contribution in [1.29, 1.82) is 0 Å². The number of furan rings is 1. The van der Waals surface area contributed by atoms with Crippen molar-refractivity contribution in [3.8, 4) is 0 Å². The molecular formula is C16H17N3O3. The van der Waals surface area contributed by atoms with E-state index < -0.39 is 0 Å². The quantitative estimate of drug-likeness (QED) is 0.804. The van der Waals surface area contributed by atoms with E-state index in [9.17, 15) is 9.59 Å². The van der Waals surface area contributed by atoms with Crippen molar-refractivity contribution < 1.29 is 14.0 Å². The van der Waals surface area contributed by atoms with Gasteiger partial charge in [0.05, 0.1) is 6.04 Å². The van der Waals surface area contributed by atoms with E-state index in [0.717, 1.165) is 11.0 Å². The molecule has 3 heterocycles. The van der Waals surface area contributed by atoms with Crippen LogP contribution in [-0.2, 0) is 0 Å². The van der Waals surface area contributed by atoms with E-state index in [2.05, 4.69) is 0 Å². The number of urea groups is 1. The van der Waals surface area contributed by atoms with Crippen LogP contribution in [0.4, 0.5) is 4.79 Å². The number of rotatable bonds is 1. The summed E-state index contributed by atoms with van der Waals surface area (Å²) < 4.78 is 5.65. The molecule has 6 nitrogen and oxygen atoms in total. The predicted octanol–water partition coefficient (Wildman–Crippen LogP) is 1.62. The van der Waals surface area contributed by atoms with Crippen LogP contribution < -0.4 is 0 Å². The second-order valence-corrected chi connectivity index (χ2v) is 5.91. The number of piperazine rings is 1. The van der Waals surface area contributed by atoms with Crippen molar-refractivity contribution >= 4 is 22.9 Å². The van der Waals surface area contributed by atoms with Gasteiger partial charge in [-0.15, -0.1) is 0 Å². The summed E-state index contributed by atoms with van der Waals surface area (Å²) in [6.45, 7) is 2.36. The number of benzene rings is 1. The average molecular weight is 299 g/mol. The minimum Gasteiger partial charge on any atom is -0.451 e. The van der Waals surface area contributed by atoms with Crippen LogP contribution in [0.1, 0.15) is 10.6 Å². The van der Waals surface area contributed by atoms with Gasteiger partial charge in [0.25, 0.3) is 5.91 Å². The Hall–Kier alpha value is -2.50. The predicted molar refractivity (Wildman–Crippen MR) is 80.6 cm³/mol. The SMILES string of the molecule is CN1C[C@H]2CN(C(=O)c3cc4ccccc4o3)CCN2C1=O. The van der Waals surface area contributed by atoms with Gasteiger partial charge < -0.3 is 19.1 Å². The smallest absolute Gasteiger partial charge is 0.320 e. The van der Waals surface area contributed by atoms with E-state index in [1.165, 1.54) is 0 Å². The lowest BCUT2D eigenvalue weighted by atomic mass is 10.2. The minimum atomic E-state index is -0.0992. The number of carbonyl (C=O) groups excluding carboxylic acids is 2. The first-order valence-electron chi connectivity index (χ1n) is 7.43. The number of amides is 3. The molecule has 2 aliphatic heterocycles. The summed E-state index contributed by atoms with van der Waals surface area (Å²) in [7, 11) is 1.80. The van der Waals surface area contributed by atoms with Crippen molar-refractivity contribution in [3.63, 3.8) is 0 Å². The highest BCUT2D eigenvalue weighted by molar-refractivity contribution is 5.96. The first-order valence-corrected chi connectivity index (χ1v) is 7.43. The molecule has 0 unspecified atom stereocenters. The second-order valence-electron chi connectivity index (χ2n) is 5.91. The average Bonchev–Trinajstić information content (AvgIpc) is 3.08. The molecule has 2 aromatic rings. The van der Waals surface area contributed by atoms with E-state index >= 15 is 0 Å². The number of fused-ring (bicyclic) bond motifs is 2. The van der Waals surface area contributed by atoms with Crippen LogP contribution in [0.3, 0.4) is 0 Å². The Bertz CT molecular complexity index is 721. The molecular weight excluding hydrogens is 282 g/mol. The Balaban J connectivity index is 1.55. The lowest BCUT2D eigenvalue weighted by molar-refractivity contribution is 0.0589. The van der Waals surface area contributed by atoms with E-state index in [4.69, 9.17) is 4.42 Å². The van der Waals surface area contributed by atoms with Crippen LogP contribution in [-0.4, -0.2) is 65.9 Å². The normalized spacial score (nSPS) is 21.6. The summed E-state index contributed by atoms with van der Waals surface area (Å²) >= 11 is 0. The molecule has 1 atom stereocenters. The Morgan fingerprint density at radius 1 is 1.23 bits per heavy atom. The molecule has 114 valence electrons. The van der Waals surface area contributed by atoms with E-state index in [1.54, 1.807) is 22.9 Å². The molecule has 6 heteroatoms. The fourth-order valence-corrected chi connectivity index (χ4v) is 3.30. The second kappa shape index (κ2) is 4.76. The largest absolute Gasteiger partial charge is 0.451 e. The molecule has 0 spiro atoms. The zero-order chi connectivity index (χ0) is 15.3. The van der Waals surface area contributed by atoms with Crippen LogP contribution in [0.25, 0.3) is 11.0 Å². The molecule has 0 aliphatic carbocycles. The molecule has 0 saturated carbocycles. The molecule has 1 aromatic heterocycles. The summed E-state index contributed by atoms with van der Waals surface area (Å²) in [5.41, 5.74) is 0.722. The molecule has 2 fully saturated rings. The van der Waals surface area contributed by atoms with Crippen molar-refractivity contribution in [2.75, 3.05) is 33.2 Å². The van der Waals surface area contributed by atoms with Gasteiger partial charge in [-0.2, -0.15) is 0 Å². The van der Waals surface area contributed by atoms with Gasteiger partial charge in [0.1, 0.15) is 5.58 Å². The Morgan fingerprint density at radius 3 is 2.86 bits per heavy atom. The van der Waals surface area contributed by atoms with E-state index in [-0.39, 0.29) is 18.0 Å². The summed E-state index contributed by atoms with van der Waals surface area (Å²) in [5.74, 6) is 0.269. The van der Waals surface area contributed by atoms with E-state index in [0.29, 0.717) is 31.9 Å². The molecule has 0 bridgehead atoms. The molecule has 4 rings (SSSR count). The monoisotopic (exact) mass is 299 g/mol. The number of likely N-dealkylation sites (N-methyl/N-ethyl adjacent to an activating group) is 1. The summed E-state index contributed by atoms with van der Waals surface area (Å²) in [6, 6.07) is 9.52. The Kier molecular flexibility index (Phi) is 2.85. The highest BCUT2D eigenvalue weighted by atomic mass is 16.3. The van der Waals surface area contributed by atoms with Gasteiger partial charge in [-0.3, -0.25) is 4.79 Å². The first kappa shape index (κ1) is 13.2.